The van der Waals surface area contributed by atoms with Gasteiger partial charge in [-0.25, -0.2) is 13.2 Å². The number of carbonyl (C=O) groups is 2. The Labute approximate surface area is 172 Å². The number of amides is 2. The van der Waals surface area contributed by atoms with Crippen LogP contribution in [0.25, 0.3) is 0 Å². The second-order valence-corrected chi connectivity index (χ2v) is 9.91. The maximum atomic E-state index is 13.0. The smallest absolute Gasteiger partial charge is 0.409 e. The second-order valence-electron chi connectivity index (χ2n) is 7.90. The van der Waals surface area contributed by atoms with Crippen LogP contribution in [-0.2, 0) is 14.8 Å². The minimum absolute atomic E-state index is 0.139. The maximum absolute atomic E-state index is 13.0. The average molecular weight is 424 g/mol. The predicted octanol–water partition coefficient (Wildman–Crippen LogP) is 2.17. The van der Waals surface area contributed by atoms with Gasteiger partial charge in [0.25, 0.3) is 5.91 Å². The Morgan fingerprint density at radius 1 is 1.03 bits per heavy atom. The highest BCUT2D eigenvalue weighted by Gasteiger charge is 2.29. The molecule has 0 spiro atoms. The van der Waals surface area contributed by atoms with E-state index in [0.717, 1.165) is 0 Å². The van der Waals surface area contributed by atoms with Crippen molar-refractivity contribution in [3.05, 3.63) is 29.8 Å². The van der Waals surface area contributed by atoms with Gasteiger partial charge >= 0.3 is 6.09 Å². The normalized spacial score (nSPS) is 19.3. The highest BCUT2D eigenvalue weighted by atomic mass is 32.2. The predicted molar refractivity (Wildman–Crippen MR) is 110 cm³/mol. The summed E-state index contributed by atoms with van der Waals surface area (Å²) in [5.41, 5.74) is 0.988. The van der Waals surface area contributed by atoms with Crippen molar-refractivity contribution in [3.8, 4) is 0 Å². The van der Waals surface area contributed by atoms with Crippen LogP contribution >= 0.6 is 0 Å². The maximum Gasteiger partial charge on any atom is 0.409 e. The Hall–Kier alpha value is -2.29. The molecule has 160 valence electrons. The number of carbonyl (C=O) groups excluding carboxylic acids is 2. The fourth-order valence-corrected chi connectivity index (χ4v) is 5.09. The summed E-state index contributed by atoms with van der Waals surface area (Å²) in [7, 11) is -3.29. The number of nitrogens with zero attached hydrogens (tertiary/aromatic N) is 3. The van der Waals surface area contributed by atoms with E-state index in [1.165, 1.54) is 4.31 Å². The second kappa shape index (κ2) is 9.02. The largest absolute Gasteiger partial charge is 0.449 e. The fraction of sp³-hybridized carbons (Fsp3) is 0.600. The summed E-state index contributed by atoms with van der Waals surface area (Å²) in [5.74, 6) is 0.261. The third-order valence-corrected chi connectivity index (χ3v) is 6.93. The third-order valence-electron chi connectivity index (χ3n) is 5.06. The molecule has 0 aromatic heterocycles. The molecule has 0 N–H and O–H groups in total. The van der Waals surface area contributed by atoms with E-state index in [2.05, 4.69) is 0 Å². The quantitative estimate of drug-likeness (QED) is 0.741. The molecule has 2 saturated heterocycles. The lowest BCUT2D eigenvalue weighted by Gasteiger charge is -2.23. The van der Waals surface area contributed by atoms with Crippen molar-refractivity contribution in [2.45, 2.75) is 26.7 Å². The van der Waals surface area contributed by atoms with Crippen molar-refractivity contribution in [1.82, 2.24) is 9.80 Å². The molecule has 1 aromatic rings. The van der Waals surface area contributed by atoms with Crippen LogP contribution in [0, 0.1) is 5.92 Å². The molecule has 0 saturated carbocycles. The van der Waals surface area contributed by atoms with Gasteiger partial charge in [0.15, 0.2) is 0 Å². The summed E-state index contributed by atoms with van der Waals surface area (Å²) < 4.78 is 31.0. The lowest BCUT2D eigenvalue weighted by atomic mass is 10.1. The number of rotatable bonds is 4. The molecule has 0 radical (unpaired) electrons. The molecule has 2 amide bonds. The van der Waals surface area contributed by atoms with Gasteiger partial charge in [0.2, 0.25) is 10.0 Å². The van der Waals surface area contributed by atoms with Gasteiger partial charge in [-0.15, -0.1) is 0 Å². The van der Waals surface area contributed by atoms with Crippen LogP contribution in [-0.4, -0.2) is 75.3 Å². The number of ether oxygens (including phenoxy) is 1. The summed E-state index contributed by atoms with van der Waals surface area (Å²) >= 11 is 0. The van der Waals surface area contributed by atoms with E-state index in [1.54, 1.807) is 34.1 Å². The van der Waals surface area contributed by atoms with E-state index in [0.29, 0.717) is 63.4 Å². The molecule has 9 heteroatoms. The highest BCUT2D eigenvalue weighted by Crippen LogP contribution is 2.25. The van der Waals surface area contributed by atoms with Crippen LogP contribution in [0.3, 0.4) is 0 Å². The molecule has 0 atom stereocenters. The summed E-state index contributed by atoms with van der Waals surface area (Å²) in [6.45, 7) is 6.72. The van der Waals surface area contributed by atoms with Crippen LogP contribution in [0.15, 0.2) is 24.3 Å². The number of anilines is 1. The van der Waals surface area contributed by atoms with E-state index in [4.69, 9.17) is 4.74 Å². The number of benzene rings is 1. The fourth-order valence-electron chi connectivity index (χ4n) is 3.54. The first-order chi connectivity index (χ1) is 13.8. The van der Waals surface area contributed by atoms with Gasteiger partial charge in [0, 0.05) is 38.3 Å². The Morgan fingerprint density at radius 2 is 1.76 bits per heavy atom. The molecule has 1 aromatic carbocycles. The first kappa shape index (κ1) is 21.4. The van der Waals surface area contributed by atoms with Gasteiger partial charge in [-0.05, 0) is 37.0 Å². The van der Waals surface area contributed by atoms with Gasteiger partial charge in [-0.2, -0.15) is 0 Å². The minimum atomic E-state index is -3.29. The van der Waals surface area contributed by atoms with Crippen LogP contribution in [0.1, 0.15) is 37.0 Å². The number of sulfonamides is 1. The first-order valence-electron chi connectivity index (χ1n) is 10.1. The molecule has 0 aliphatic carbocycles. The highest BCUT2D eigenvalue weighted by molar-refractivity contribution is 7.93. The minimum Gasteiger partial charge on any atom is -0.449 e. The van der Waals surface area contributed by atoms with Gasteiger partial charge in [0.1, 0.15) is 0 Å². The standard InChI is InChI=1S/C20H29N3O5S/c1-16(2)15-28-20(25)22-9-4-8-21(11-12-22)19(24)17-6-3-7-18(14-17)23-10-5-13-29(23,26)27/h3,6-7,14,16H,4-5,8-13,15H2,1-2H3. The van der Waals surface area contributed by atoms with Gasteiger partial charge in [-0.1, -0.05) is 19.9 Å². The monoisotopic (exact) mass is 423 g/mol. The van der Waals surface area contributed by atoms with E-state index in [1.807, 2.05) is 13.8 Å². The van der Waals surface area contributed by atoms with Crippen molar-refractivity contribution >= 4 is 27.7 Å². The zero-order chi connectivity index (χ0) is 21.0. The average Bonchev–Trinajstić information content (AvgIpc) is 2.90. The Bertz CT molecular complexity index is 855. The molecular formula is C20H29N3O5S. The molecule has 29 heavy (non-hydrogen) atoms. The van der Waals surface area contributed by atoms with Crippen molar-refractivity contribution in [2.24, 2.45) is 5.92 Å². The van der Waals surface area contributed by atoms with E-state index in [-0.39, 0.29) is 23.7 Å². The summed E-state index contributed by atoms with van der Waals surface area (Å²) in [5, 5.41) is 0. The number of hydrogen-bond donors (Lipinski definition) is 0. The summed E-state index contributed by atoms with van der Waals surface area (Å²) in [6.07, 6.45) is 0.923. The van der Waals surface area contributed by atoms with Crippen LogP contribution in [0.5, 0.6) is 0 Å². The lowest BCUT2D eigenvalue weighted by Crippen LogP contribution is -2.38. The molecule has 2 aliphatic heterocycles. The number of hydrogen-bond acceptors (Lipinski definition) is 5. The molecule has 0 unspecified atom stereocenters. The van der Waals surface area contributed by atoms with Gasteiger partial charge in [0.05, 0.1) is 18.0 Å². The SMILES string of the molecule is CC(C)COC(=O)N1CCCN(C(=O)c2cccc(N3CCCS3(=O)=O)c2)CC1. The van der Waals surface area contributed by atoms with E-state index >= 15 is 0 Å². The van der Waals surface area contributed by atoms with Crippen LogP contribution < -0.4 is 4.31 Å². The molecule has 0 bridgehead atoms. The van der Waals surface area contributed by atoms with Crippen LogP contribution in [0.4, 0.5) is 10.5 Å². The van der Waals surface area contributed by atoms with Crippen molar-refractivity contribution in [2.75, 3.05) is 49.4 Å². The Balaban J connectivity index is 1.65. The van der Waals surface area contributed by atoms with Gasteiger partial charge in [-0.3, -0.25) is 9.10 Å². The molecular weight excluding hydrogens is 394 g/mol. The van der Waals surface area contributed by atoms with E-state index in [9.17, 15) is 18.0 Å². The molecule has 2 aliphatic rings. The first-order valence-corrected chi connectivity index (χ1v) is 11.7. The summed E-state index contributed by atoms with van der Waals surface area (Å²) in [4.78, 5) is 28.5. The lowest BCUT2D eigenvalue weighted by molar-refractivity contribution is 0.0746. The zero-order valence-electron chi connectivity index (χ0n) is 17.0. The Morgan fingerprint density at radius 3 is 2.45 bits per heavy atom. The molecule has 8 nitrogen and oxygen atoms in total. The van der Waals surface area contributed by atoms with Gasteiger partial charge < -0.3 is 14.5 Å². The van der Waals surface area contributed by atoms with Crippen molar-refractivity contribution in [3.63, 3.8) is 0 Å². The molecule has 2 heterocycles. The van der Waals surface area contributed by atoms with Crippen LogP contribution in [0.2, 0.25) is 0 Å². The molecule has 3 rings (SSSR count). The van der Waals surface area contributed by atoms with Crippen molar-refractivity contribution < 1.29 is 22.7 Å². The molecule has 2 fully saturated rings. The van der Waals surface area contributed by atoms with E-state index < -0.39 is 10.0 Å². The topological polar surface area (TPSA) is 87.2 Å². The Kier molecular flexibility index (Phi) is 6.66. The van der Waals surface area contributed by atoms with Crippen molar-refractivity contribution in [1.29, 1.82) is 0 Å². The third kappa shape index (κ3) is 5.20. The zero-order valence-corrected chi connectivity index (χ0v) is 17.9. The summed E-state index contributed by atoms with van der Waals surface area (Å²) in [6, 6.07) is 6.78.